The monoisotopic (exact) mass is 251 g/mol. The van der Waals surface area contributed by atoms with Crippen molar-refractivity contribution in [3.63, 3.8) is 0 Å². The summed E-state index contributed by atoms with van der Waals surface area (Å²) in [6.07, 6.45) is 5.10. The van der Waals surface area contributed by atoms with Crippen molar-refractivity contribution in [3.05, 3.63) is 11.7 Å². The summed E-state index contributed by atoms with van der Waals surface area (Å²) in [7, 11) is 0. The lowest BCUT2D eigenvalue weighted by molar-refractivity contribution is -0.118. The highest BCUT2D eigenvalue weighted by Crippen LogP contribution is 2.36. The minimum Gasteiger partial charge on any atom is -0.339 e. The van der Waals surface area contributed by atoms with Gasteiger partial charge in [0.15, 0.2) is 5.82 Å². The maximum atomic E-state index is 11.1. The lowest BCUT2D eigenvalue weighted by Gasteiger charge is -2.27. The fourth-order valence-corrected chi connectivity index (χ4v) is 2.65. The number of nitrogens with two attached hydrogens (primary N) is 1. The lowest BCUT2D eigenvalue weighted by atomic mass is 9.79. The number of carbonyl (C=O) groups is 1. The second-order valence-electron chi connectivity index (χ2n) is 5.35. The first-order valence-corrected chi connectivity index (χ1v) is 6.62. The van der Waals surface area contributed by atoms with Crippen molar-refractivity contribution >= 4 is 5.78 Å². The largest absolute Gasteiger partial charge is 0.339 e. The smallest absolute Gasteiger partial charge is 0.229 e. The van der Waals surface area contributed by atoms with Gasteiger partial charge < -0.3 is 10.3 Å². The van der Waals surface area contributed by atoms with Crippen LogP contribution in [0.4, 0.5) is 0 Å². The van der Waals surface area contributed by atoms with Crippen molar-refractivity contribution in [2.75, 3.05) is 0 Å². The fraction of sp³-hybridized carbons (Fsp3) is 0.769. The molecule has 1 aromatic heterocycles. The predicted molar refractivity (Wildman–Crippen MR) is 67.0 cm³/mol. The Labute approximate surface area is 107 Å². The number of carbonyl (C=O) groups excluding carboxylic acids is 1. The van der Waals surface area contributed by atoms with Crippen molar-refractivity contribution < 1.29 is 9.32 Å². The minimum atomic E-state index is -0.294. The molecule has 1 atom stereocenters. The van der Waals surface area contributed by atoms with E-state index in [9.17, 15) is 4.79 Å². The van der Waals surface area contributed by atoms with Gasteiger partial charge in [0.05, 0.1) is 6.04 Å². The number of nitrogens with zero attached hydrogens (tertiary/aromatic N) is 2. The number of hydrogen-bond acceptors (Lipinski definition) is 5. The van der Waals surface area contributed by atoms with Gasteiger partial charge in [-0.15, -0.1) is 0 Å². The average molecular weight is 251 g/mol. The van der Waals surface area contributed by atoms with Crippen molar-refractivity contribution in [1.29, 1.82) is 0 Å². The zero-order valence-electron chi connectivity index (χ0n) is 11.1. The van der Waals surface area contributed by atoms with E-state index in [0.29, 0.717) is 17.7 Å². The van der Waals surface area contributed by atoms with E-state index < -0.39 is 0 Å². The number of ketones is 1. The van der Waals surface area contributed by atoms with Crippen LogP contribution in [0.2, 0.25) is 0 Å². The average Bonchev–Trinajstić information content (AvgIpc) is 2.76. The van der Waals surface area contributed by atoms with Crippen LogP contribution in [0.3, 0.4) is 0 Å². The molecule has 1 saturated carbocycles. The summed E-state index contributed by atoms with van der Waals surface area (Å²) in [5.74, 6) is 2.50. The van der Waals surface area contributed by atoms with Crippen LogP contribution >= 0.6 is 0 Å². The quantitative estimate of drug-likeness (QED) is 0.884. The van der Waals surface area contributed by atoms with Crippen LogP contribution in [0.15, 0.2) is 4.52 Å². The second kappa shape index (κ2) is 5.61. The molecule has 1 aliphatic rings. The van der Waals surface area contributed by atoms with Gasteiger partial charge in [-0.05, 0) is 51.9 Å². The molecule has 18 heavy (non-hydrogen) atoms. The van der Waals surface area contributed by atoms with E-state index in [1.807, 2.05) is 6.92 Å². The Hall–Kier alpha value is -1.23. The molecule has 0 saturated heterocycles. The maximum absolute atomic E-state index is 11.1. The molecule has 1 aliphatic carbocycles. The summed E-state index contributed by atoms with van der Waals surface area (Å²) in [6.45, 7) is 3.40. The Balaban J connectivity index is 1.83. The van der Waals surface area contributed by atoms with Crippen LogP contribution in [0.5, 0.6) is 0 Å². The van der Waals surface area contributed by atoms with Gasteiger partial charge in [-0.25, -0.2) is 0 Å². The molecular weight excluding hydrogens is 230 g/mol. The third-order valence-electron chi connectivity index (χ3n) is 3.85. The van der Waals surface area contributed by atoms with E-state index in [-0.39, 0.29) is 11.8 Å². The molecule has 0 amide bonds. The van der Waals surface area contributed by atoms with Crippen LogP contribution in [-0.4, -0.2) is 22.0 Å². The lowest BCUT2D eigenvalue weighted by Crippen LogP contribution is -2.31. The molecule has 0 aliphatic heterocycles. The Bertz CT molecular complexity index is 408. The zero-order valence-corrected chi connectivity index (χ0v) is 11.1. The Morgan fingerprint density at radius 1 is 1.44 bits per heavy atom. The van der Waals surface area contributed by atoms with Crippen LogP contribution < -0.4 is 5.73 Å². The standard InChI is InChI=1S/C13H21N3O2/c1-8(17)12(14)7-10-3-5-11(6-4-10)13-15-9(2)16-18-13/h10-12H,3-7,14H2,1-2H3/t10?,11?,12-/m0/s1. The van der Waals surface area contributed by atoms with Gasteiger partial charge in [-0.2, -0.15) is 4.98 Å². The first kappa shape index (κ1) is 13.2. The van der Waals surface area contributed by atoms with Crippen molar-refractivity contribution in [2.24, 2.45) is 11.7 Å². The highest BCUT2D eigenvalue weighted by molar-refractivity contribution is 5.81. The number of hydrogen-bond donors (Lipinski definition) is 1. The normalized spacial score (nSPS) is 25.9. The summed E-state index contributed by atoms with van der Waals surface area (Å²) in [4.78, 5) is 15.4. The summed E-state index contributed by atoms with van der Waals surface area (Å²) in [5, 5.41) is 3.83. The first-order chi connectivity index (χ1) is 8.56. The second-order valence-corrected chi connectivity index (χ2v) is 5.35. The molecule has 1 aromatic rings. The molecule has 0 unspecified atom stereocenters. The Morgan fingerprint density at radius 2 is 2.11 bits per heavy atom. The van der Waals surface area contributed by atoms with Crippen LogP contribution in [0.1, 0.15) is 56.7 Å². The molecule has 0 spiro atoms. The molecular formula is C13H21N3O2. The van der Waals surface area contributed by atoms with Crippen molar-refractivity contribution in [2.45, 2.75) is 57.9 Å². The number of rotatable bonds is 4. The van der Waals surface area contributed by atoms with E-state index in [2.05, 4.69) is 10.1 Å². The van der Waals surface area contributed by atoms with Crippen LogP contribution in [-0.2, 0) is 4.79 Å². The summed E-state index contributed by atoms with van der Waals surface area (Å²) in [5.41, 5.74) is 5.81. The van der Waals surface area contributed by atoms with Gasteiger partial charge in [0.25, 0.3) is 0 Å². The van der Waals surface area contributed by atoms with Gasteiger partial charge in [-0.3, -0.25) is 4.79 Å². The molecule has 2 N–H and O–H groups in total. The van der Waals surface area contributed by atoms with Crippen molar-refractivity contribution in [3.8, 4) is 0 Å². The molecule has 5 nitrogen and oxygen atoms in total. The molecule has 0 aromatic carbocycles. The summed E-state index contributed by atoms with van der Waals surface area (Å²) in [6, 6.07) is -0.294. The van der Waals surface area contributed by atoms with Gasteiger partial charge in [0, 0.05) is 5.92 Å². The highest BCUT2D eigenvalue weighted by Gasteiger charge is 2.27. The van der Waals surface area contributed by atoms with Crippen LogP contribution in [0.25, 0.3) is 0 Å². The zero-order chi connectivity index (χ0) is 13.1. The van der Waals surface area contributed by atoms with E-state index in [4.69, 9.17) is 10.3 Å². The number of aromatic nitrogens is 2. The van der Waals surface area contributed by atoms with Gasteiger partial charge in [-0.1, -0.05) is 5.16 Å². The van der Waals surface area contributed by atoms with E-state index in [1.54, 1.807) is 6.92 Å². The van der Waals surface area contributed by atoms with Gasteiger partial charge >= 0.3 is 0 Å². The molecule has 100 valence electrons. The summed E-state index contributed by atoms with van der Waals surface area (Å²) < 4.78 is 5.22. The number of Topliss-reactive ketones (excluding diaryl/α,β-unsaturated/α-hetero) is 1. The van der Waals surface area contributed by atoms with Gasteiger partial charge in [0.1, 0.15) is 5.78 Å². The minimum absolute atomic E-state index is 0.0876. The van der Waals surface area contributed by atoms with Crippen molar-refractivity contribution in [1.82, 2.24) is 10.1 Å². The molecule has 5 heteroatoms. The molecule has 1 heterocycles. The third-order valence-corrected chi connectivity index (χ3v) is 3.85. The maximum Gasteiger partial charge on any atom is 0.229 e. The fourth-order valence-electron chi connectivity index (χ4n) is 2.65. The van der Waals surface area contributed by atoms with E-state index in [1.165, 1.54) is 0 Å². The van der Waals surface area contributed by atoms with Gasteiger partial charge in [0.2, 0.25) is 5.89 Å². The number of aryl methyl sites for hydroxylation is 1. The Morgan fingerprint density at radius 3 is 2.61 bits per heavy atom. The predicted octanol–water partition coefficient (Wildman–Crippen LogP) is 1.96. The molecule has 1 fully saturated rings. The van der Waals surface area contributed by atoms with Crippen LogP contribution in [0, 0.1) is 12.8 Å². The third kappa shape index (κ3) is 3.16. The highest BCUT2D eigenvalue weighted by atomic mass is 16.5. The van der Waals surface area contributed by atoms with E-state index >= 15 is 0 Å². The van der Waals surface area contributed by atoms with E-state index in [0.717, 1.165) is 38.0 Å². The Kier molecular flexibility index (Phi) is 4.11. The topological polar surface area (TPSA) is 82.0 Å². The molecule has 0 bridgehead atoms. The molecule has 2 rings (SSSR count). The summed E-state index contributed by atoms with van der Waals surface area (Å²) >= 11 is 0. The first-order valence-electron chi connectivity index (χ1n) is 6.62. The molecule has 0 radical (unpaired) electrons. The SMILES string of the molecule is CC(=O)[C@@H](N)CC1CCC(c2nc(C)no2)CC1.